The number of rotatable bonds is 9. The summed E-state index contributed by atoms with van der Waals surface area (Å²) < 4.78 is 27.6. The van der Waals surface area contributed by atoms with Gasteiger partial charge in [-0.1, -0.05) is 45.2 Å². The van der Waals surface area contributed by atoms with Crippen LogP contribution in [0.3, 0.4) is 0 Å². The lowest BCUT2D eigenvalue weighted by atomic mass is 10.1. The Balaban J connectivity index is 2.82. The first kappa shape index (κ1) is 18.1. The van der Waals surface area contributed by atoms with Gasteiger partial charge in [-0.2, -0.15) is 0 Å². The molecule has 0 aromatic heterocycles. The number of hydrogen-bond acceptors (Lipinski definition) is 3. The van der Waals surface area contributed by atoms with E-state index in [1.807, 2.05) is 0 Å². The number of aliphatic hydroxyl groups excluding tert-OH is 1. The largest absolute Gasteiger partial charge is 0.389 e. The van der Waals surface area contributed by atoms with Gasteiger partial charge in [0.2, 0.25) is 10.0 Å². The highest BCUT2D eigenvalue weighted by Crippen LogP contribution is 2.17. The molecule has 0 bridgehead atoms. The summed E-state index contributed by atoms with van der Waals surface area (Å²) in [7, 11) is -3.49. The normalized spacial score (nSPS) is 14.9. The fraction of sp³-hybridized carbons (Fsp3) is 0.625. The van der Waals surface area contributed by atoms with E-state index in [-0.39, 0.29) is 10.9 Å². The van der Waals surface area contributed by atoms with Crippen LogP contribution in [0.15, 0.2) is 29.2 Å². The van der Waals surface area contributed by atoms with Gasteiger partial charge in [-0.05, 0) is 37.5 Å². The molecule has 0 aliphatic heterocycles. The number of aliphatic hydroxyl groups is 1. The second-order valence-electron chi connectivity index (χ2n) is 5.49. The summed E-state index contributed by atoms with van der Waals surface area (Å²) in [5.74, 6) is 0. The summed E-state index contributed by atoms with van der Waals surface area (Å²) in [5, 5.41) is 9.46. The highest BCUT2D eigenvalue weighted by Gasteiger charge is 2.19. The summed E-state index contributed by atoms with van der Waals surface area (Å²) in [4.78, 5) is 0.254. The molecule has 0 radical (unpaired) electrons. The van der Waals surface area contributed by atoms with Gasteiger partial charge in [0.15, 0.2) is 0 Å². The van der Waals surface area contributed by atoms with Crippen LogP contribution < -0.4 is 4.72 Å². The molecular formula is C16H27NO3S. The van der Waals surface area contributed by atoms with Gasteiger partial charge in [0.1, 0.15) is 0 Å². The minimum Gasteiger partial charge on any atom is -0.389 e. The fourth-order valence-electron chi connectivity index (χ4n) is 2.27. The molecule has 0 fully saturated rings. The maximum atomic E-state index is 12.4. The predicted molar refractivity (Wildman–Crippen MR) is 85.6 cm³/mol. The molecule has 5 heteroatoms. The van der Waals surface area contributed by atoms with Crippen LogP contribution in [0, 0.1) is 0 Å². The van der Waals surface area contributed by atoms with Crippen LogP contribution in [0.2, 0.25) is 0 Å². The van der Waals surface area contributed by atoms with Gasteiger partial charge in [0.25, 0.3) is 0 Å². The van der Waals surface area contributed by atoms with Gasteiger partial charge in [0, 0.05) is 6.04 Å². The molecule has 1 rings (SSSR count). The van der Waals surface area contributed by atoms with Crippen molar-refractivity contribution < 1.29 is 13.5 Å². The summed E-state index contributed by atoms with van der Waals surface area (Å²) in [5.41, 5.74) is 0.713. The molecule has 0 aliphatic rings. The van der Waals surface area contributed by atoms with Crippen molar-refractivity contribution in [2.24, 2.45) is 0 Å². The van der Waals surface area contributed by atoms with Crippen LogP contribution >= 0.6 is 0 Å². The lowest BCUT2D eigenvalue weighted by Crippen LogP contribution is -2.34. The first-order chi connectivity index (χ1) is 9.90. The minimum atomic E-state index is -3.49. The number of hydrogen-bond donors (Lipinski definition) is 2. The Morgan fingerprint density at radius 2 is 1.71 bits per heavy atom. The van der Waals surface area contributed by atoms with E-state index in [1.165, 1.54) is 0 Å². The van der Waals surface area contributed by atoms with E-state index in [9.17, 15) is 13.5 Å². The second-order valence-corrected chi connectivity index (χ2v) is 7.21. The van der Waals surface area contributed by atoms with Gasteiger partial charge < -0.3 is 5.11 Å². The Labute approximate surface area is 128 Å². The van der Waals surface area contributed by atoms with Gasteiger partial charge in [-0.15, -0.1) is 0 Å². The van der Waals surface area contributed by atoms with E-state index in [4.69, 9.17) is 0 Å². The van der Waals surface area contributed by atoms with Crippen molar-refractivity contribution in [2.75, 3.05) is 0 Å². The van der Waals surface area contributed by atoms with E-state index in [2.05, 4.69) is 18.6 Å². The maximum Gasteiger partial charge on any atom is 0.240 e. The number of sulfonamides is 1. The van der Waals surface area contributed by atoms with Crippen LogP contribution in [-0.4, -0.2) is 19.6 Å². The molecule has 2 atom stereocenters. The van der Waals surface area contributed by atoms with Crippen molar-refractivity contribution >= 4 is 10.0 Å². The first-order valence-electron chi connectivity index (χ1n) is 7.71. The minimum absolute atomic E-state index is 0.00334. The number of unbranched alkanes of at least 4 members (excludes halogenated alkanes) is 1. The lowest BCUT2D eigenvalue weighted by Gasteiger charge is -2.18. The van der Waals surface area contributed by atoms with Crippen LogP contribution in [-0.2, 0) is 10.0 Å². The average Bonchev–Trinajstić information content (AvgIpc) is 2.45. The highest BCUT2D eigenvalue weighted by molar-refractivity contribution is 7.89. The Kier molecular flexibility index (Phi) is 7.35. The Morgan fingerprint density at radius 3 is 2.19 bits per heavy atom. The molecule has 0 spiro atoms. The van der Waals surface area contributed by atoms with E-state index < -0.39 is 16.1 Å². The zero-order chi connectivity index (χ0) is 15.9. The lowest BCUT2D eigenvalue weighted by molar-refractivity contribution is 0.199. The molecule has 120 valence electrons. The fourth-order valence-corrected chi connectivity index (χ4v) is 3.58. The van der Waals surface area contributed by atoms with Crippen LogP contribution in [0.4, 0.5) is 0 Å². The van der Waals surface area contributed by atoms with Crippen LogP contribution in [0.5, 0.6) is 0 Å². The molecule has 0 heterocycles. The first-order valence-corrected chi connectivity index (χ1v) is 9.19. The summed E-state index contributed by atoms with van der Waals surface area (Å²) >= 11 is 0. The van der Waals surface area contributed by atoms with Crippen molar-refractivity contribution in [1.82, 2.24) is 4.72 Å². The summed E-state index contributed by atoms with van der Waals surface area (Å²) in [6.07, 6.45) is 4.17. The number of nitrogens with one attached hydrogen (secondary N) is 1. The van der Waals surface area contributed by atoms with Gasteiger partial charge in [-0.3, -0.25) is 0 Å². The predicted octanol–water partition coefficient (Wildman–Crippen LogP) is 3.38. The third kappa shape index (κ3) is 5.77. The van der Waals surface area contributed by atoms with Gasteiger partial charge in [-0.25, -0.2) is 13.1 Å². The average molecular weight is 313 g/mol. The Bertz CT molecular complexity index is 509. The second kappa shape index (κ2) is 8.51. The molecule has 2 N–H and O–H groups in total. The van der Waals surface area contributed by atoms with Crippen molar-refractivity contribution in [1.29, 1.82) is 0 Å². The summed E-state index contributed by atoms with van der Waals surface area (Å²) in [6.45, 7) is 5.82. The zero-order valence-corrected chi connectivity index (χ0v) is 14.0. The molecule has 21 heavy (non-hydrogen) atoms. The SMILES string of the molecule is CCCCC(CCC)NS(=O)(=O)c1ccc(C(C)O)cc1. The zero-order valence-electron chi connectivity index (χ0n) is 13.2. The molecule has 4 nitrogen and oxygen atoms in total. The van der Waals surface area contributed by atoms with E-state index in [0.29, 0.717) is 5.56 Å². The smallest absolute Gasteiger partial charge is 0.240 e. The van der Waals surface area contributed by atoms with Crippen molar-refractivity contribution in [3.63, 3.8) is 0 Å². The van der Waals surface area contributed by atoms with Crippen LogP contribution in [0.1, 0.15) is 64.5 Å². The third-order valence-electron chi connectivity index (χ3n) is 3.54. The van der Waals surface area contributed by atoms with Crippen molar-refractivity contribution in [3.8, 4) is 0 Å². The summed E-state index contributed by atoms with van der Waals surface area (Å²) in [6, 6.07) is 6.40. The van der Waals surface area contributed by atoms with E-state index >= 15 is 0 Å². The molecule has 0 saturated carbocycles. The van der Waals surface area contributed by atoms with Crippen molar-refractivity contribution in [2.45, 2.75) is 69.9 Å². The Morgan fingerprint density at radius 1 is 1.10 bits per heavy atom. The standard InChI is InChI=1S/C16H27NO3S/c1-4-6-8-15(7-5-2)17-21(19,20)16-11-9-14(10-12-16)13(3)18/h9-13,15,17-18H,4-8H2,1-3H3. The topological polar surface area (TPSA) is 66.4 Å². The number of benzene rings is 1. The maximum absolute atomic E-state index is 12.4. The molecule has 1 aromatic rings. The van der Waals surface area contributed by atoms with Gasteiger partial charge in [0.05, 0.1) is 11.0 Å². The third-order valence-corrected chi connectivity index (χ3v) is 5.07. The van der Waals surface area contributed by atoms with Crippen molar-refractivity contribution in [3.05, 3.63) is 29.8 Å². The van der Waals surface area contributed by atoms with Crippen LogP contribution in [0.25, 0.3) is 0 Å². The quantitative estimate of drug-likeness (QED) is 0.734. The highest BCUT2D eigenvalue weighted by atomic mass is 32.2. The molecule has 0 amide bonds. The van der Waals surface area contributed by atoms with E-state index in [1.54, 1.807) is 31.2 Å². The molecular weight excluding hydrogens is 286 g/mol. The molecule has 2 unspecified atom stereocenters. The monoisotopic (exact) mass is 313 g/mol. The molecule has 0 saturated heterocycles. The van der Waals surface area contributed by atoms with Gasteiger partial charge >= 0.3 is 0 Å². The molecule has 1 aromatic carbocycles. The van der Waals surface area contributed by atoms with E-state index in [0.717, 1.165) is 32.1 Å². The Hall–Kier alpha value is -0.910. The molecule has 0 aliphatic carbocycles.